The highest BCUT2D eigenvalue weighted by Gasteiger charge is 2.28. The highest BCUT2D eigenvalue weighted by atomic mass is 32.2. The van der Waals surface area contributed by atoms with Gasteiger partial charge in [-0.3, -0.25) is 4.98 Å². The average molecular weight is 303 g/mol. The third-order valence-electron chi connectivity index (χ3n) is 2.10. The molecular weight excluding hydrogens is 291 g/mol. The standard InChI is InChI=1S/C12H12F3N3OS/c1-3-20-11-4-9(6-17-8(11)2)10(5-16)18-19-7-12(13,14)15/h4,6H,3,7H2,1-2H3/b18-10+. The number of rotatable bonds is 5. The molecule has 0 atom stereocenters. The number of nitriles is 1. The van der Waals surface area contributed by atoms with Crippen molar-refractivity contribution in [3.63, 3.8) is 0 Å². The first-order valence-electron chi connectivity index (χ1n) is 5.64. The summed E-state index contributed by atoms with van der Waals surface area (Å²) in [7, 11) is 0. The number of aryl methyl sites for hydroxylation is 1. The molecule has 1 rings (SSSR count). The fourth-order valence-electron chi connectivity index (χ4n) is 1.25. The molecule has 0 radical (unpaired) electrons. The molecule has 0 amide bonds. The maximum Gasteiger partial charge on any atom is 0.425 e. The quantitative estimate of drug-likeness (QED) is 0.476. The van der Waals surface area contributed by atoms with Gasteiger partial charge in [-0.15, -0.1) is 11.8 Å². The number of pyridine rings is 1. The van der Waals surface area contributed by atoms with E-state index < -0.39 is 12.8 Å². The number of nitrogens with zero attached hydrogens (tertiary/aromatic N) is 3. The van der Waals surface area contributed by atoms with E-state index in [0.717, 1.165) is 16.3 Å². The van der Waals surface area contributed by atoms with Crippen LogP contribution in [0.15, 0.2) is 22.3 Å². The van der Waals surface area contributed by atoms with E-state index >= 15 is 0 Å². The fourth-order valence-corrected chi connectivity index (χ4v) is 2.03. The van der Waals surface area contributed by atoms with E-state index in [1.54, 1.807) is 12.1 Å². The van der Waals surface area contributed by atoms with Crippen LogP contribution in [-0.2, 0) is 4.84 Å². The first-order chi connectivity index (χ1) is 9.37. The van der Waals surface area contributed by atoms with Gasteiger partial charge in [0.15, 0.2) is 5.71 Å². The number of aromatic nitrogens is 1. The Kier molecular flexibility index (Phi) is 5.82. The van der Waals surface area contributed by atoms with Gasteiger partial charge >= 0.3 is 6.18 Å². The molecule has 8 heteroatoms. The number of oxime groups is 1. The van der Waals surface area contributed by atoms with Gasteiger partial charge in [0, 0.05) is 16.7 Å². The molecule has 0 spiro atoms. The van der Waals surface area contributed by atoms with Crippen molar-refractivity contribution in [2.45, 2.75) is 24.9 Å². The number of thioether (sulfide) groups is 1. The minimum atomic E-state index is -4.49. The first-order valence-corrected chi connectivity index (χ1v) is 6.62. The van der Waals surface area contributed by atoms with E-state index in [1.807, 2.05) is 13.8 Å². The van der Waals surface area contributed by atoms with E-state index in [2.05, 4.69) is 15.0 Å². The van der Waals surface area contributed by atoms with Crippen LogP contribution in [0.3, 0.4) is 0 Å². The Bertz CT molecular complexity index is 538. The van der Waals surface area contributed by atoms with Gasteiger partial charge in [-0.2, -0.15) is 18.4 Å². The van der Waals surface area contributed by atoms with E-state index in [-0.39, 0.29) is 5.71 Å². The Morgan fingerprint density at radius 2 is 2.25 bits per heavy atom. The van der Waals surface area contributed by atoms with Crippen LogP contribution in [0.25, 0.3) is 0 Å². The third kappa shape index (κ3) is 5.09. The van der Waals surface area contributed by atoms with Crippen LogP contribution in [0.1, 0.15) is 18.2 Å². The molecular formula is C12H12F3N3OS. The largest absolute Gasteiger partial charge is 0.425 e. The number of halogens is 3. The van der Waals surface area contributed by atoms with Gasteiger partial charge in [0.05, 0.1) is 5.69 Å². The molecule has 0 aliphatic carbocycles. The number of alkyl halides is 3. The summed E-state index contributed by atoms with van der Waals surface area (Å²) >= 11 is 1.52. The zero-order chi connectivity index (χ0) is 15.2. The van der Waals surface area contributed by atoms with Crippen molar-refractivity contribution < 1.29 is 18.0 Å². The number of hydrogen-bond acceptors (Lipinski definition) is 5. The smallest absolute Gasteiger partial charge is 0.385 e. The lowest BCUT2D eigenvalue weighted by Gasteiger charge is -2.06. The van der Waals surface area contributed by atoms with E-state index in [9.17, 15) is 13.2 Å². The van der Waals surface area contributed by atoms with Crippen molar-refractivity contribution in [3.05, 3.63) is 23.5 Å². The molecule has 0 unspecified atom stereocenters. The maximum absolute atomic E-state index is 11.9. The molecule has 0 aliphatic heterocycles. The van der Waals surface area contributed by atoms with Crippen LogP contribution in [-0.4, -0.2) is 29.2 Å². The van der Waals surface area contributed by atoms with E-state index in [1.165, 1.54) is 18.0 Å². The zero-order valence-corrected chi connectivity index (χ0v) is 11.7. The molecule has 1 aromatic rings. The molecule has 108 valence electrons. The number of hydrogen-bond donors (Lipinski definition) is 0. The van der Waals surface area contributed by atoms with Gasteiger partial charge < -0.3 is 4.84 Å². The minimum Gasteiger partial charge on any atom is -0.385 e. The lowest BCUT2D eigenvalue weighted by atomic mass is 10.2. The molecule has 20 heavy (non-hydrogen) atoms. The van der Waals surface area contributed by atoms with Gasteiger partial charge in [0.2, 0.25) is 6.61 Å². The van der Waals surface area contributed by atoms with Crippen molar-refractivity contribution in [3.8, 4) is 6.07 Å². The van der Waals surface area contributed by atoms with Crippen LogP contribution < -0.4 is 0 Å². The highest BCUT2D eigenvalue weighted by Crippen LogP contribution is 2.22. The Balaban J connectivity index is 2.93. The third-order valence-corrected chi connectivity index (χ3v) is 3.12. The van der Waals surface area contributed by atoms with Crippen molar-refractivity contribution in [1.29, 1.82) is 5.26 Å². The summed E-state index contributed by atoms with van der Waals surface area (Å²) in [6.45, 7) is 2.24. The fraction of sp³-hybridized carbons (Fsp3) is 0.417. The molecule has 0 bridgehead atoms. The second-order valence-corrected chi connectivity index (χ2v) is 4.99. The summed E-state index contributed by atoms with van der Waals surface area (Å²) < 4.78 is 35.8. The summed E-state index contributed by atoms with van der Waals surface area (Å²) in [6, 6.07) is 3.36. The lowest BCUT2D eigenvalue weighted by Crippen LogP contribution is -2.15. The summed E-state index contributed by atoms with van der Waals surface area (Å²) in [5.41, 5.74) is 0.880. The van der Waals surface area contributed by atoms with Gasteiger partial charge in [0.1, 0.15) is 6.07 Å². The molecule has 0 saturated carbocycles. The predicted octanol–water partition coefficient (Wildman–Crippen LogP) is 3.31. The Hall–Kier alpha value is -1.75. The molecule has 0 aliphatic rings. The second kappa shape index (κ2) is 7.14. The van der Waals surface area contributed by atoms with Crippen molar-refractivity contribution in [2.24, 2.45) is 5.16 Å². The summed E-state index contributed by atoms with van der Waals surface area (Å²) in [5, 5.41) is 12.1. The van der Waals surface area contributed by atoms with Crippen LogP contribution in [0.5, 0.6) is 0 Å². The molecule has 0 fully saturated rings. The van der Waals surface area contributed by atoms with E-state index in [0.29, 0.717) is 5.56 Å². The summed E-state index contributed by atoms with van der Waals surface area (Å²) in [4.78, 5) is 9.09. The maximum atomic E-state index is 11.9. The monoisotopic (exact) mass is 303 g/mol. The predicted molar refractivity (Wildman–Crippen MR) is 69.5 cm³/mol. The zero-order valence-electron chi connectivity index (χ0n) is 10.9. The SMILES string of the molecule is CCSc1cc(/C(C#N)=N/OCC(F)(F)F)cnc1C. The Morgan fingerprint density at radius 1 is 1.55 bits per heavy atom. The Morgan fingerprint density at radius 3 is 2.80 bits per heavy atom. The van der Waals surface area contributed by atoms with Gasteiger partial charge in [0.25, 0.3) is 0 Å². The molecule has 4 nitrogen and oxygen atoms in total. The van der Waals surface area contributed by atoms with Gasteiger partial charge in [-0.05, 0) is 18.7 Å². The topological polar surface area (TPSA) is 58.3 Å². The summed E-state index contributed by atoms with van der Waals surface area (Å²) in [5.74, 6) is 0.815. The highest BCUT2D eigenvalue weighted by molar-refractivity contribution is 7.99. The van der Waals surface area contributed by atoms with Crippen LogP contribution in [0.2, 0.25) is 0 Å². The van der Waals surface area contributed by atoms with Crippen molar-refractivity contribution >= 4 is 17.5 Å². The van der Waals surface area contributed by atoms with Crippen LogP contribution in [0, 0.1) is 18.3 Å². The van der Waals surface area contributed by atoms with Crippen LogP contribution in [0.4, 0.5) is 13.2 Å². The molecule has 0 N–H and O–H groups in total. The first kappa shape index (κ1) is 16.3. The van der Waals surface area contributed by atoms with Crippen molar-refractivity contribution in [2.75, 3.05) is 12.4 Å². The van der Waals surface area contributed by atoms with Crippen molar-refractivity contribution in [1.82, 2.24) is 4.98 Å². The Labute approximate surface area is 118 Å². The van der Waals surface area contributed by atoms with Crippen LogP contribution >= 0.6 is 11.8 Å². The molecule has 0 saturated heterocycles. The molecule has 0 aromatic carbocycles. The molecule has 1 aromatic heterocycles. The molecule has 1 heterocycles. The van der Waals surface area contributed by atoms with Gasteiger partial charge in [-0.1, -0.05) is 12.1 Å². The average Bonchev–Trinajstić information content (AvgIpc) is 2.37. The second-order valence-electron chi connectivity index (χ2n) is 3.68. The lowest BCUT2D eigenvalue weighted by molar-refractivity contribution is -0.173. The normalized spacial score (nSPS) is 12.1. The van der Waals surface area contributed by atoms with E-state index in [4.69, 9.17) is 5.26 Å². The summed E-state index contributed by atoms with van der Waals surface area (Å²) in [6.07, 6.45) is -3.10. The van der Waals surface area contributed by atoms with Gasteiger partial charge in [-0.25, -0.2) is 0 Å². The minimum absolute atomic E-state index is 0.236.